The molecule has 0 heterocycles. The van der Waals surface area contributed by atoms with Gasteiger partial charge in [-0.2, -0.15) is 0 Å². The Bertz CT molecular complexity index is 317. The van der Waals surface area contributed by atoms with Gasteiger partial charge in [0, 0.05) is 23.0 Å². The largest absolute Gasteiger partial charge is 0.324 e. The van der Waals surface area contributed by atoms with E-state index in [9.17, 15) is 13.2 Å². The number of hydrogen-bond acceptors (Lipinski definition) is 1. The van der Waals surface area contributed by atoms with Gasteiger partial charge in [-0.05, 0) is 18.2 Å². The first-order valence-electron chi connectivity index (χ1n) is 3.99. The highest BCUT2D eigenvalue weighted by atomic mass is 35.5. The van der Waals surface area contributed by atoms with Crippen LogP contribution in [0.25, 0.3) is 0 Å². The van der Waals surface area contributed by atoms with E-state index in [1.807, 2.05) is 0 Å². The van der Waals surface area contributed by atoms with E-state index >= 15 is 0 Å². The first kappa shape index (κ1) is 11.3. The Kier molecular flexibility index (Phi) is 3.77. The number of nitrogens with two attached hydrogens (primary N) is 1. The van der Waals surface area contributed by atoms with Crippen LogP contribution in [0.2, 0.25) is 5.02 Å². The lowest BCUT2D eigenvalue weighted by Gasteiger charge is -2.12. The molecule has 0 aliphatic rings. The number of rotatable bonds is 3. The van der Waals surface area contributed by atoms with Crippen LogP contribution in [0.3, 0.4) is 0 Å². The van der Waals surface area contributed by atoms with Crippen molar-refractivity contribution in [3.8, 4) is 0 Å². The highest BCUT2D eigenvalue weighted by Crippen LogP contribution is 2.23. The minimum Gasteiger partial charge on any atom is -0.324 e. The van der Waals surface area contributed by atoms with Gasteiger partial charge >= 0.3 is 0 Å². The molecule has 1 aromatic carbocycles. The summed E-state index contributed by atoms with van der Waals surface area (Å²) in [6, 6.07) is 2.70. The summed E-state index contributed by atoms with van der Waals surface area (Å²) in [7, 11) is 0. The highest BCUT2D eigenvalue weighted by Gasteiger charge is 2.16. The van der Waals surface area contributed by atoms with Crippen LogP contribution in [0.15, 0.2) is 18.2 Å². The summed E-state index contributed by atoms with van der Waals surface area (Å²) in [5.41, 5.74) is 5.41. The van der Waals surface area contributed by atoms with Gasteiger partial charge in [0.2, 0.25) is 6.43 Å². The molecule has 14 heavy (non-hydrogen) atoms. The Labute approximate surface area is 84.7 Å². The standard InChI is InChI=1S/C9H9ClF3N/c10-5-1-2-7(11)6(3-5)8(14)4-9(12)13/h1-3,8-9H,4,14H2/t8-/m1/s1. The Hall–Kier alpha value is -0.740. The quantitative estimate of drug-likeness (QED) is 0.837. The number of halogens is 4. The van der Waals surface area contributed by atoms with Crippen molar-refractivity contribution in [1.29, 1.82) is 0 Å². The third-order valence-electron chi connectivity index (χ3n) is 1.79. The SMILES string of the molecule is N[C@H](CC(F)F)c1cc(Cl)ccc1F. The van der Waals surface area contributed by atoms with E-state index < -0.39 is 24.7 Å². The second-order valence-electron chi connectivity index (χ2n) is 2.90. The van der Waals surface area contributed by atoms with E-state index in [0.717, 1.165) is 6.07 Å². The maximum Gasteiger partial charge on any atom is 0.240 e. The Morgan fingerprint density at radius 3 is 2.57 bits per heavy atom. The van der Waals surface area contributed by atoms with Crippen molar-refractivity contribution in [3.05, 3.63) is 34.6 Å². The van der Waals surface area contributed by atoms with Crippen LogP contribution in [0.4, 0.5) is 13.2 Å². The van der Waals surface area contributed by atoms with Crippen molar-refractivity contribution in [2.45, 2.75) is 18.9 Å². The summed E-state index contributed by atoms with van der Waals surface area (Å²) >= 11 is 5.59. The van der Waals surface area contributed by atoms with Gasteiger partial charge in [-0.1, -0.05) is 11.6 Å². The first-order valence-corrected chi connectivity index (χ1v) is 4.37. The summed E-state index contributed by atoms with van der Waals surface area (Å²) in [6.45, 7) is 0. The van der Waals surface area contributed by atoms with E-state index in [1.165, 1.54) is 12.1 Å². The number of alkyl halides is 2. The monoisotopic (exact) mass is 223 g/mol. The average molecular weight is 224 g/mol. The van der Waals surface area contributed by atoms with Crippen molar-refractivity contribution in [1.82, 2.24) is 0 Å². The van der Waals surface area contributed by atoms with E-state index in [2.05, 4.69) is 0 Å². The zero-order valence-corrected chi connectivity index (χ0v) is 7.94. The molecule has 1 atom stereocenters. The molecule has 0 spiro atoms. The molecule has 0 saturated heterocycles. The summed E-state index contributed by atoms with van der Waals surface area (Å²) in [6.07, 6.45) is -3.12. The van der Waals surface area contributed by atoms with Gasteiger partial charge in [-0.3, -0.25) is 0 Å². The minimum atomic E-state index is -2.55. The molecular weight excluding hydrogens is 215 g/mol. The van der Waals surface area contributed by atoms with Crippen molar-refractivity contribution >= 4 is 11.6 Å². The fraction of sp³-hybridized carbons (Fsp3) is 0.333. The summed E-state index contributed by atoms with van der Waals surface area (Å²) in [4.78, 5) is 0. The molecule has 1 rings (SSSR count). The lowest BCUT2D eigenvalue weighted by molar-refractivity contribution is 0.128. The van der Waals surface area contributed by atoms with Gasteiger partial charge in [-0.15, -0.1) is 0 Å². The van der Waals surface area contributed by atoms with Gasteiger partial charge in [0.25, 0.3) is 0 Å². The highest BCUT2D eigenvalue weighted by molar-refractivity contribution is 6.30. The molecule has 1 nitrogen and oxygen atoms in total. The first-order chi connectivity index (χ1) is 6.50. The van der Waals surface area contributed by atoms with Crippen molar-refractivity contribution in [3.63, 3.8) is 0 Å². The summed E-state index contributed by atoms with van der Waals surface area (Å²) in [5, 5.41) is 0.283. The Morgan fingerprint density at radius 2 is 2.00 bits per heavy atom. The van der Waals surface area contributed by atoms with Crippen LogP contribution in [0.1, 0.15) is 18.0 Å². The van der Waals surface area contributed by atoms with Crippen LogP contribution in [-0.2, 0) is 0 Å². The fourth-order valence-electron chi connectivity index (χ4n) is 1.12. The molecule has 5 heteroatoms. The molecule has 1 aromatic rings. The van der Waals surface area contributed by atoms with E-state index in [0.29, 0.717) is 0 Å². The predicted molar refractivity (Wildman–Crippen MR) is 49.0 cm³/mol. The lowest BCUT2D eigenvalue weighted by Crippen LogP contribution is -2.15. The molecule has 0 fully saturated rings. The number of hydrogen-bond donors (Lipinski definition) is 1. The molecule has 78 valence electrons. The predicted octanol–water partition coefficient (Wildman–Crippen LogP) is 3.13. The van der Waals surface area contributed by atoms with Gasteiger partial charge in [-0.25, -0.2) is 13.2 Å². The molecule has 0 aromatic heterocycles. The normalized spacial score (nSPS) is 13.3. The molecule has 2 N–H and O–H groups in total. The minimum absolute atomic E-state index is 0.0257. The van der Waals surface area contributed by atoms with Gasteiger partial charge in [0.15, 0.2) is 0 Å². The molecule has 0 aliphatic heterocycles. The fourth-order valence-corrected chi connectivity index (χ4v) is 1.30. The molecule has 0 bridgehead atoms. The lowest BCUT2D eigenvalue weighted by atomic mass is 10.0. The van der Waals surface area contributed by atoms with Crippen molar-refractivity contribution in [2.24, 2.45) is 5.73 Å². The van der Waals surface area contributed by atoms with Crippen molar-refractivity contribution < 1.29 is 13.2 Å². The molecule has 0 amide bonds. The zero-order chi connectivity index (χ0) is 10.7. The van der Waals surface area contributed by atoms with Gasteiger partial charge in [0.1, 0.15) is 5.82 Å². The van der Waals surface area contributed by atoms with Crippen LogP contribution in [0.5, 0.6) is 0 Å². The summed E-state index contributed by atoms with van der Waals surface area (Å²) < 4.78 is 37.0. The zero-order valence-electron chi connectivity index (χ0n) is 7.18. The average Bonchev–Trinajstić information content (AvgIpc) is 2.08. The topological polar surface area (TPSA) is 26.0 Å². The van der Waals surface area contributed by atoms with Crippen LogP contribution in [-0.4, -0.2) is 6.43 Å². The van der Waals surface area contributed by atoms with Crippen molar-refractivity contribution in [2.75, 3.05) is 0 Å². The molecular formula is C9H9ClF3N. The maximum atomic E-state index is 13.1. The number of benzene rings is 1. The van der Waals surface area contributed by atoms with Gasteiger partial charge in [0.05, 0.1) is 0 Å². The smallest absolute Gasteiger partial charge is 0.240 e. The second kappa shape index (κ2) is 4.66. The molecule has 0 radical (unpaired) electrons. The Balaban J connectivity index is 2.88. The van der Waals surface area contributed by atoms with Crippen LogP contribution in [0, 0.1) is 5.82 Å². The molecule has 0 saturated carbocycles. The van der Waals surface area contributed by atoms with Crippen LogP contribution < -0.4 is 5.73 Å². The maximum absolute atomic E-state index is 13.1. The third-order valence-corrected chi connectivity index (χ3v) is 2.02. The summed E-state index contributed by atoms with van der Waals surface area (Å²) in [5.74, 6) is -0.609. The molecule has 0 aliphatic carbocycles. The second-order valence-corrected chi connectivity index (χ2v) is 3.34. The van der Waals surface area contributed by atoms with Gasteiger partial charge < -0.3 is 5.73 Å². The Morgan fingerprint density at radius 1 is 1.36 bits per heavy atom. The third kappa shape index (κ3) is 2.89. The van der Waals surface area contributed by atoms with E-state index in [4.69, 9.17) is 17.3 Å². The van der Waals surface area contributed by atoms with E-state index in [-0.39, 0.29) is 10.6 Å². The molecule has 0 unspecified atom stereocenters. The van der Waals surface area contributed by atoms with E-state index in [1.54, 1.807) is 0 Å². The van der Waals surface area contributed by atoms with Crippen LogP contribution >= 0.6 is 11.6 Å².